The molecule has 38 heavy (non-hydrogen) atoms. The first-order chi connectivity index (χ1) is 17.9. The molecule has 13 heteroatoms. The van der Waals surface area contributed by atoms with E-state index in [2.05, 4.69) is 4.72 Å². The van der Waals surface area contributed by atoms with Crippen molar-refractivity contribution in [1.29, 1.82) is 0 Å². The lowest BCUT2D eigenvalue weighted by atomic mass is 10.1. The van der Waals surface area contributed by atoms with Crippen LogP contribution in [0.5, 0.6) is 23.0 Å². The van der Waals surface area contributed by atoms with Gasteiger partial charge in [0, 0.05) is 34.4 Å². The van der Waals surface area contributed by atoms with Crippen molar-refractivity contribution in [2.75, 3.05) is 44.6 Å². The number of nitrogens with one attached hydrogen (secondary N) is 1. The summed E-state index contributed by atoms with van der Waals surface area (Å²) in [4.78, 5) is 0.187. The topological polar surface area (TPSA) is 152 Å². The summed E-state index contributed by atoms with van der Waals surface area (Å²) < 4.78 is 63.4. The standard InChI is InChI=1S/C25H29N3O7S3/c1-32-18-13-23(34-3)19(24(14-18)35-4)9-10-37(29,30)15-16-5-7-22(33-2)21(11-16)28-38(31,36)25-8-6-17(26)12-20(25)27/h5-14,28H,15,26-27H2,1-4H3/b10-9+. The second-order valence-corrected chi connectivity index (χ2v) is 12.9. The number of rotatable bonds is 11. The van der Waals surface area contributed by atoms with Gasteiger partial charge in [-0.05, 0) is 42.0 Å². The number of nitrogen functional groups attached to an aromatic ring is 2. The van der Waals surface area contributed by atoms with Crippen LogP contribution in [0.3, 0.4) is 0 Å². The van der Waals surface area contributed by atoms with Gasteiger partial charge in [0.15, 0.2) is 9.84 Å². The van der Waals surface area contributed by atoms with Gasteiger partial charge in [0.1, 0.15) is 31.7 Å². The number of nitrogens with two attached hydrogens (primary N) is 2. The van der Waals surface area contributed by atoms with E-state index in [1.807, 2.05) is 0 Å². The van der Waals surface area contributed by atoms with Crippen LogP contribution in [0.1, 0.15) is 11.1 Å². The lowest BCUT2D eigenvalue weighted by Gasteiger charge is -2.16. The Labute approximate surface area is 227 Å². The zero-order valence-corrected chi connectivity index (χ0v) is 23.7. The molecule has 10 nitrogen and oxygen atoms in total. The first-order valence-corrected chi connectivity index (χ1v) is 15.2. The minimum atomic E-state index is -3.76. The average Bonchev–Trinajstić information content (AvgIpc) is 2.86. The van der Waals surface area contributed by atoms with Gasteiger partial charge in [-0.15, -0.1) is 0 Å². The predicted molar refractivity (Wildman–Crippen MR) is 153 cm³/mol. The molecule has 0 spiro atoms. The van der Waals surface area contributed by atoms with E-state index < -0.39 is 18.5 Å². The van der Waals surface area contributed by atoms with Gasteiger partial charge in [0.25, 0.3) is 0 Å². The van der Waals surface area contributed by atoms with Gasteiger partial charge < -0.3 is 30.4 Å². The molecule has 5 N–H and O–H groups in total. The highest BCUT2D eigenvalue weighted by Gasteiger charge is 2.18. The van der Waals surface area contributed by atoms with Crippen molar-refractivity contribution in [2.45, 2.75) is 10.6 Å². The van der Waals surface area contributed by atoms with E-state index >= 15 is 0 Å². The summed E-state index contributed by atoms with van der Waals surface area (Å²) in [6, 6.07) is 12.4. The fraction of sp³-hybridized carbons (Fsp3) is 0.200. The largest absolute Gasteiger partial charge is 0.496 e. The third-order valence-electron chi connectivity index (χ3n) is 5.39. The molecule has 3 aromatic rings. The number of methoxy groups -OCH3 is 4. The van der Waals surface area contributed by atoms with Gasteiger partial charge in [-0.2, -0.15) is 0 Å². The summed E-state index contributed by atoms with van der Waals surface area (Å²) in [6.45, 7) is 0. The van der Waals surface area contributed by atoms with E-state index in [1.165, 1.54) is 52.7 Å². The van der Waals surface area contributed by atoms with Crippen LogP contribution < -0.4 is 35.1 Å². The minimum absolute atomic E-state index is 0.171. The van der Waals surface area contributed by atoms with Crippen LogP contribution in [-0.2, 0) is 35.5 Å². The minimum Gasteiger partial charge on any atom is -0.496 e. The molecule has 0 fully saturated rings. The summed E-state index contributed by atoms with van der Waals surface area (Å²) in [5.74, 6) is 1.22. The second kappa shape index (κ2) is 11.8. The van der Waals surface area contributed by atoms with Gasteiger partial charge in [0.2, 0.25) is 0 Å². The summed E-state index contributed by atoms with van der Waals surface area (Å²) in [5, 5.41) is 1.07. The monoisotopic (exact) mass is 579 g/mol. The van der Waals surface area contributed by atoms with E-state index in [0.717, 1.165) is 5.41 Å². The van der Waals surface area contributed by atoms with Crippen LogP contribution >= 0.6 is 0 Å². The zero-order chi connectivity index (χ0) is 28.1. The molecule has 3 aromatic carbocycles. The lowest BCUT2D eigenvalue weighted by Crippen LogP contribution is -2.15. The van der Waals surface area contributed by atoms with E-state index in [4.69, 9.17) is 41.6 Å². The molecule has 0 radical (unpaired) electrons. The van der Waals surface area contributed by atoms with E-state index in [9.17, 15) is 12.6 Å². The normalized spacial score (nSPS) is 13.1. The number of hydrogen-bond acceptors (Lipinski definition) is 10. The molecule has 0 aliphatic carbocycles. The van der Waals surface area contributed by atoms with Crippen LogP contribution in [0.4, 0.5) is 17.1 Å². The quantitative estimate of drug-likeness (QED) is 0.287. The molecule has 0 saturated heterocycles. The van der Waals surface area contributed by atoms with Gasteiger partial charge in [0.05, 0.1) is 56.0 Å². The van der Waals surface area contributed by atoms with Crippen molar-refractivity contribution in [1.82, 2.24) is 0 Å². The van der Waals surface area contributed by atoms with Crippen molar-refractivity contribution in [2.24, 2.45) is 0 Å². The van der Waals surface area contributed by atoms with Crippen LogP contribution in [0.15, 0.2) is 58.8 Å². The first-order valence-electron chi connectivity index (χ1n) is 11.0. The van der Waals surface area contributed by atoms with Crippen molar-refractivity contribution < 1.29 is 31.6 Å². The molecule has 0 heterocycles. The number of anilines is 3. The third-order valence-corrected chi connectivity index (χ3v) is 8.91. The van der Waals surface area contributed by atoms with Crippen molar-refractivity contribution in [3.63, 3.8) is 0 Å². The maximum atomic E-state index is 13.3. The van der Waals surface area contributed by atoms with Crippen LogP contribution in [0.2, 0.25) is 0 Å². The number of hydrogen-bond donors (Lipinski definition) is 3. The number of sulfone groups is 1. The van der Waals surface area contributed by atoms with Gasteiger partial charge >= 0.3 is 0 Å². The summed E-state index contributed by atoms with van der Waals surface area (Å²) in [5.41, 5.74) is 13.4. The molecular weight excluding hydrogens is 550 g/mol. The van der Waals surface area contributed by atoms with Crippen molar-refractivity contribution >= 4 is 52.8 Å². The highest BCUT2D eigenvalue weighted by atomic mass is 32.8. The highest BCUT2D eigenvalue weighted by molar-refractivity contribution is 8.33. The Morgan fingerprint density at radius 2 is 1.47 bits per heavy atom. The molecule has 0 aliphatic heterocycles. The fourth-order valence-electron chi connectivity index (χ4n) is 3.59. The van der Waals surface area contributed by atoms with Crippen LogP contribution in [0, 0.1) is 0 Å². The maximum Gasteiger partial charge on any atom is 0.175 e. The van der Waals surface area contributed by atoms with Crippen LogP contribution in [0.25, 0.3) is 6.08 Å². The SMILES string of the molecule is COc1cc(OC)c(/C=C/S(=O)(=O)Cc2ccc(OC)c(NS(=O)(=S)c3ccc(N)cc3N)c2)c(OC)c1. The molecule has 1 atom stereocenters. The Morgan fingerprint density at radius 1 is 0.842 bits per heavy atom. The van der Waals surface area contributed by atoms with Crippen molar-refractivity contribution in [3.05, 3.63) is 65.1 Å². The van der Waals surface area contributed by atoms with E-state index in [0.29, 0.717) is 39.8 Å². The summed E-state index contributed by atoms with van der Waals surface area (Å²) >= 11 is 5.32. The highest BCUT2D eigenvalue weighted by Crippen LogP contribution is 2.36. The molecule has 0 aromatic heterocycles. The number of ether oxygens (including phenoxy) is 4. The van der Waals surface area contributed by atoms with Crippen LogP contribution in [-0.4, -0.2) is 41.1 Å². The van der Waals surface area contributed by atoms with E-state index in [-0.39, 0.29) is 22.0 Å². The van der Waals surface area contributed by atoms with Crippen molar-refractivity contribution in [3.8, 4) is 23.0 Å². The van der Waals surface area contributed by atoms with E-state index in [1.54, 1.807) is 30.3 Å². The Morgan fingerprint density at radius 3 is 2.03 bits per heavy atom. The molecule has 0 amide bonds. The molecular formula is C25H29N3O7S3. The summed E-state index contributed by atoms with van der Waals surface area (Å²) in [7, 11) is -1.22. The molecule has 1 unspecified atom stereocenters. The Kier molecular flexibility index (Phi) is 8.97. The average molecular weight is 580 g/mol. The smallest absolute Gasteiger partial charge is 0.175 e. The third kappa shape index (κ3) is 6.79. The zero-order valence-electron chi connectivity index (χ0n) is 21.2. The predicted octanol–water partition coefficient (Wildman–Crippen LogP) is 3.60. The summed E-state index contributed by atoms with van der Waals surface area (Å²) in [6.07, 6.45) is 1.40. The first kappa shape index (κ1) is 28.9. The Bertz CT molecular complexity index is 1550. The Balaban J connectivity index is 1.91. The number of benzene rings is 3. The van der Waals surface area contributed by atoms with Gasteiger partial charge in [-0.25, -0.2) is 12.6 Å². The molecule has 204 valence electrons. The molecule has 0 bridgehead atoms. The Hall–Kier alpha value is -3.68. The fourth-order valence-corrected chi connectivity index (χ4v) is 6.57. The lowest BCUT2D eigenvalue weighted by molar-refractivity contribution is 0.374. The molecule has 0 aliphatic rings. The van der Waals surface area contributed by atoms with Gasteiger partial charge in [-0.3, -0.25) is 4.72 Å². The molecule has 0 saturated carbocycles. The molecule has 3 rings (SSSR count). The maximum absolute atomic E-state index is 13.3. The van der Waals surface area contributed by atoms with Gasteiger partial charge in [-0.1, -0.05) is 6.07 Å². The second-order valence-electron chi connectivity index (χ2n) is 7.99.